The van der Waals surface area contributed by atoms with Gasteiger partial charge in [-0.3, -0.25) is 4.79 Å². The van der Waals surface area contributed by atoms with Gasteiger partial charge in [0, 0.05) is 30.2 Å². The van der Waals surface area contributed by atoms with Crippen molar-refractivity contribution in [2.24, 2.45) is 11.8 Å². The number of amides is 1. The average Bonchev–Trinajstić information content (AvgIpc) is 2.65. The molecule has 1 aliphatic heterocycles. The summed E-state index contributed by atoms with van der Waals surface area (Å²) in [5.41, 5.74) is 0.935. The van der Waals surface area contributed by atoms with Crippen molar-refractivity contribution in [2.75, 3.05) is 7.11 Å². The molecule has 1 saturated heterocycles. The largest absolute Gasteiger partial charge is 0.496 e. The van der Waals surface area contributed by atoms with Gasteiger partial charge in [-0.25, -0.2) is 0 Å². The molecular weight excluding hydrogens is 350 g/mol. The van der Waals surface area contributed by atoms with Gasteiger partial charge in [0.15, 0.2) is 0 Å². The quantitative estimate of drug-likeness (QED) is 0.813. The number of hydrogen-bond donors (Lipinski definition) is 1. The third-order valence-corrected chi connectivity index (χ3v) is 6.77. The first-order valence-electron chi connectivity index (χ1n) is 10.4. The summed E-state index contributed by atoms with van der Waals surface area (Å²) in [6.07, 6.45) is 4.30. The topological polar surface area (TPSA) is 47.6 Å². The van der Waals surface area contributed by atoms with Gasteiger partial charge in [0.25, 0.3) is 0 Å². The zero-order chi connectivity index (χ0) is 19.9. The maximum absolute atomic E-state index is 12.0. The third-order valence-electron chi connectivity index (χ3n) is 6.77. The number of rotatable bonds is 3. The Balaban J connectivity index is 1.76. The van der Waals surface area contributed by atoms with Crippen molar-refractivity contribution in [1.29, 1.82) is 0 Å². The lowest BCUT2D eigenvalue weighted by Crippen LogP contribution is -2.60. The van der Waals surface area contributed by atoms with Crippen molar-refractivity contribution in [1.82, 2.24) is 5.32 Å². The molecule has 2 aromatic carbocycles. The van der Waals surface area contributed by atoms with E-state index in [4.69, 9.17) is 9.47 Å². The van der Waals surface area contributed by atoms with Gasteiger partial charge in [0.2, 0.25) is 5.91 Å². The third kappa shape index (κ3) is 3.39. The van der Waals surface area contributed by atoms with E-state index in [9.17, 15) is 4.79 Å². The lowest BCUT2D eigenvalue weighted by atomic mass is 9.66. The van der Waals surface area contributed by atoms with Crippen LogP contribution in [0.1, 0.15) is 58.1 Å². The summed E-state index contributed by atoms with van der Waals surface area (Å²) in [7, 11) is 1.71. The molecule has 28 heavy (non-hydrogen) atoms. The minimum atomic E-state index is -0.249. The highest BCUT2D eigenvalue weighted by atomic mass is 16.5. The molecule has 0 spiro atoms. The first kappa shape index (κ1) is 19.3. The van der Waals surface area contributed by atoms with Gasteiger partial charge in [0.1, 0.15) is 5.75 Å². The smallest absolute Gasteiger partial charge is 0.217 e. The van der Waals surface area contributed by atoms with Gasteiger partial charge < -0.3 is 14.8 Å². The molecule has 1 N–H and O–H groups in total. The predicted molar refractivity (Wildman–Crippen MR) is 111 cm³/mol. The van der Waals surface area contributed by atoms with Crippen LogP contribution in [0.2, 0.25) is 0 Å². The molecule has 0 aromatic heterocycles. The van der Waals surface area contributed by atoms with Gasteiger partial charge >= 0.3 is 0 Å². The molecule has 4 nitrogen and oxygen atoms in total. The van der Waals surface area contributed by atoms with E-state index in [1.165, 1.54) is 17.4 Å². The lowest BCUT2D eigenvalue weighted by Gasteiger charge is -2.52. The summed E-state index contributed by atoms with van der Waals surface area (Å²) in [6, 6.07) is 12.5. The van der Waals surface area contributed by atoms with Gasteiger partial charge in [-0.05, 0) is 42.7 Å². The normalized spacial score (nSPS) is 32.6. The van der Waals surface area contributed by atoms with Crippen molar-refractivity contribution < 1.29 is 14.3 Å². The molecule has 0 radical (unpaired) electrons. The van der Waals surface area contributed by atoms with E-state index < -0.39 is 0 Å². The molecule has 4 heteroatoms. The van der Waals surface area contributed by atoms with Crippen LogP contribution in [0.3, 0.4) is 0 Å². The molecule has 1 aliphatic carbocycles. The average molecular weight is 382 g/mol. The molecule has 5 atom stereocenters. The minimum absolute atomic E-state index is 0.0418. The molecule has 150 valence electrons. The summed E-state index contributed by atoms with van der Waals surface area (Å²) in [5, 5.41) is 5.57. The molecule has 1 heterocycles. The molecule has 4 rings (SSSR count). The summed E-state index contributed by atoms with van der Waals surface area (Å²) in [6.45, 7) is 6.14. The second-order valence-electron chi connectivity index (χ2n) is 8.89. The van der Waals surface area contributed by atoms with Crippen molar-refractivity contribution >= 4 is 16.7 Å². The van der Waals surface area contributed by atoms with E-state index in [2.05, 4.69) is 43.4 Å². The maximum Gasteiger partial charge on any atom is 0.217 e. The molecule has 0 unspecified atom stereocenters. The zero-order valence-electron chi connectivity index (χ0n) is 17.3. The number of carbonyl (C=O) groups excluding carboxylic acids is 1. The Morgan fingerprint density at radius 2 is 1.93 bits per heavy atom. The standard InChI is InChI=1S/C24H31NO3/c1-15-9-11-20-22(13-15)28-23(14-24(20,3)25-16(2)26)19-10-12-21(27-4)18-8-6-5-7-17(18)19/h5-8,10,12,15,20,22-23H,9,11,13-14H2,1-4H3,(H,25,26)/t15-,20-,22-,23-,24-/m1/s1. The Bertz CT molecular complexity index is 879. The maximum atomic E-state index is 12.0. The van der Waals surface area contributed by atoms with Gasteiger partial charge in [-0.2, -0.15) is 0 Å². The molecule has 0 bridgehead atoms. The SMILES string of the molecule is COc1ccc([C@H]2C[C@@](C)(NC(C)=O)[C@@H]3CC[C@@H](C)C[C@H]3O2)c2ccccc12. The van der Waals surface area contributed by atoms with E-state index in [-0.39, 0.29) is 23.7 Å². The fourth-order valence-corrected chi connectivity index (χ4v) is 5.49. The molecular formula is C24H31NO3. The van der Waals surface area contributed by atoms with Crippen LogP contribution in [-0.4, -0.2) is 24.7 Å². The Morgan fingerprint density at radius 3 is 2.64 bits per heavy atom. The first-order chi connectivity index (χ1) is 13.4. The van der Waals surface area contributed by atoms with Crippen LogP contribution < -0.4 is 10.1 Å². The van der Waals surface area contributed by atoms with Crippen molar-refractivity contribution in [2.45, 2.75) is 64.2 Å². The van der Waals surface area contributed by atoms with Gasteiger partial charge in [-0.15, -0.1) is 0 Å². The van der Waals surface area contributed by atoms with Crippen LogP contribution >= 0.6 is 0 Å². The molecule has 2 aliphatic rings. The highest BCUT2D eigenvalue weighted by Crippen LogP contribution is 2.49. The predicted octanol–water partition coefficient (Wildman–Crippen LogP) is 5.01. The number of nitrogens with one attached hydrogen (secondary N) is 1. The van der Waals surface area contributed by atoms with E-state index in [0.29, 0.717) is 11.8 Å². The van der Waals surface area contributed by atoms with E-state index in [1.54, 1.807) is 14.0 Å². The molecule has 2 aromatic rings. The van der Waals surface area contributed by atoms with Gasteiger partial charge in [-0.1, -0.05) is 43.7 Å². The number of carbonyl (C=O) groups is 1. The number of benzene rings is 2. The fourth-order valence-electron chi connectivity index (χ4n) is 5.49. The second-order valence-corrected chi connectivity index (χ2v) is 8.89. The van der Waals surface area contributed by atoms with E-state index in [1.807, 2.05) is 12.1 Å². The number of ether oxygens (including phenoxy) is 2. The van der Waals surface area contributed by atoms with Crippen LogP contribution in [0.4, 0.5) is 0 Å². The Labute approximate surface area is 167 Å². The summed E-state index contributed by atoms with van der Waals surface area (Å²) in [4.78, 5) is 12.0. The molecule has 2 fully saturated rings. The van der Waals surface area contributed by atoms with Crippen molar-refractivity contribution in [3.8, 4) is 5.75 Å². The van der Waals surface area contributed by atoms with E-state index in [0.717, 1.165) is 30.4 Å². The fraction of sp³-hybridized carbons (Fsp3) is 0.542. The number of fused-ring (bicyclic) bond motifs is 2. The second kappa shape index (κ2) is 7.40. The monoisotopic (exact) mass is 381 g/mol. The zero-order valence-corrected chi connectivity index (χ0v) is 17.3. The van der Waals surface area contributed by atoms with Crippen LogP contribution in [0, 0.1) is 11.8 Å². The van der Waals surface area contributed by atoms with Crippen LogP contribution in [0.5, 0.6) is 5.75 Å². The van der Waals surface area contributed by atoms with Crippen LogP contribution in [-0.2, 0) is 9.53 Å². The molecule has 1 amide bonds. The van der Waals surface area contributed by atoms with Crippen LogP contribution in [0.25, 0.3) is 10.8 Å². The first-order valence-corrected chi connectivity index (χ1v) is 10.4. The highest BCUT2D eigenvalue weighted by Gasteiger charge is 2.49. The Morgan fingerprint density at radius 1 is 1.18 bits per heavy atom. The minimum Gasteiger partial charge on any atom is -0.496 e. The number of hydrogen-bond acceptors (Lipinski definition) is 3. The van der Waals surface area contributed by atoms with Crippen molar-refractivity contribution in [3.63, 3.8) is 0 Å². The summed E-state index contributed by atoms with van der Waals surface area (Å²) in [5.74, 6) is 1.95. The molecule has 1 saturated carbocycles. The number of methoxy groups -OCH3 is 1. The van der Waals surface area contributed by atoms with Crippen molar-refractivity contribution in [3.05, 3.63) is 42.0 Å². The summed E-state index contributed by atoms with van der Waals surface area (Å²) < 4.78 is 12.3. The van der Waals surface area contributed by atoms with E-state index >= 15 is 0 Å². The van der Waals surface area contributed by atoms with Gasteiger partial charge in [0.05, 0.1) is 19.3 Å². The Kier molecular flexibility index (Phi) is 5.09. The Hall–Kier alpha value is -2.07. The van der Waals surface area contributed by atoms with Crippen LogP contribution in [0.15, 0.2) is 36.4 Å². The highest BCUT2D eigenvalue weighted by molar-refractivity contribution is 5.91. The lowest BCUT2D eigenvalue weighted by molar-refractivity contribution is -0.152. The summed E-state index contributed by atoms with van der Waals surface area (Å²) >= 11 is 0.